The number of nitrogens with one attached hydrogen (secondary N) is 1. The Kier molecular flexibility index (Phi) is 5.74. The maximum atomic E-state index is 13.0. The minimum atomic E-state index is -0.0325. The molecule has 0 saturated carbocycles. The van der Waals surface area contributed by atoms with Crippen LogP contribution in [-0.4, -0.2) is 62.8 Å². The molecule has 8 heteroatoms. The monoisotopic (exact) mass is 373 g/mol. The molecule has 2 aromatic rings. The van der Waals surface area contributed by atoms with Crippen molar-refractivity contribution < 1.29 is 14.1 Å². The Hall–Kier alpha value is -2.48. The molecular formula is C19H27N5O3. The van der Waals surface area contributed by atoms with Crippen LogP contribution in [0.4, 0.5) is 0 Å². The summed E-state index contributed by atoms with van der Waals surface area (Å²) in [6.45, 7) is 10.7. The van der Waals surface area contributed by atoms with E-state index in [4.69, 9.17) is 4.52 Å². The Bertz CT molecular complexity index is 831. The summed E-state index contributed by atoms with van der Waals surface area (Å²) >= 11 is 0. The molecule has 0 bridgehead atoms. The van der Waals surface area contributed by atoms with Crippen molar-refractivity contribution >= 4 is 11.7 Å². The maximum Gasteiger partial charge on any atom is 0.270 e. The second kappa shape index (κ2) is 8.04. The molecule has 0 aromatic carbocycles. The number of aryl methyl sites for hydroxylation is 2. The zero-order chi connectivity index (χ0) is 19.6. The summed E-state index contributed by atoms with van der Waals surface area (Å²) < 4.78 is 5.15. The van der Waals surface area contributed by atoms with Crippen LogP contribution >= 0.6 is 0 Å². The van der Waals surface area contributed by atoms with Gasteiger partial charge < -0.3 is 14.4 Å². The molecule has 0 unspecified atom stereocenters. The Labute approximate surface area is 158 Å². The fourth-order valence-corrected chi connectivity index (χ4v) is 3.65. The van der Waals surface area contributed by atoms with E-state index in [0.29, 0.717) is 49.0 Å². The predicted molar refractivity (Wildman–Crippen MR) is 99.8 cm³/mol. The van der Waals surface area contributed by atoms with Gasteiger partial charge in [-0.15, -0.1) is 0 Å². The number of rotatable bonds is 6. The van der Waals surface area contributed by atoms with Gasteiger partial charge in [0, 0.05) is 43.9 Å². The summed E-state index contributed by atoms with van der Waals surface area (Å²) in [6.07, 6.45) is 1.38. The van der Waals surface area contributed by atoms with Crippen molar-refractivity contribution in [1.82, 2.24) is 24.9 Å². The fourth-order valence-electron chi connectivity index (χ4n) is 3.65. The summed E-state index contributed by atoms with van der Waals surface area (Å²) in [6, 6.07) is 0. The first kappa shape index (κ1) is 19.3. The highest BCUT2D eigenvalue weighted by Crippen LogP contribution is 2.22. The molecule has 1 aliphatic rings. The van der Waals surface area contributed by atoms with Crippen LogP contribution in [0, 0.1) is 6.92 Å². The Morgan fingerprint density at radius 2 is 1.85 bits per heavy atom. The minimum absolute atomic E-state index is 0.00368. The van der Waals surface area contributed by atoms with Gasteiger partial charge in [-0.3, -0.25) is 14.5 Å². The van der Waals surface area contributed by atoms with E-state index in [9.17, 15) is 9.59 Å². The van der Waals surface area contributed by atoms with E-state index < -0.39 is 0 Å². The lowest BCUT2D eigenvalue weighted by atomic mass is 10.0. The van der Waals surface area contributed by atoms with Crippen LogP contribution in [-0.2, 0) is 19.4 Å². The van der Waals surface area contributed by atoms with Gasteiger partial charge in [0.2, 0.25) is 5.89 Å². The maximum absolute atomic E-state index is 13.0. The van der Waals surface area contributed by atoms with Crippen LogP contribution in [0.25, 0.3) is 0 Å². The van der Waals surface area contributed by atoms with Crippen molar-refractivity contribution in [2.75, 3.05) is 26.2 Å². The number of aromatic amines is 1. The van der Waals surface area contributed by atoms with Crippen molar-refractivity contribution in [3.8, 4) is 0 Å². The minimum Gasteiger partial charge on any atom is -0.354 e. The molecule has 1 saturated heterocycles. The number of hydrogen-bond acceptors (Lipinski definition) is 6. The molecule has 8 nitrogen and oxygen atoms in total. The van der Waals surface area contributed by atoms with Crippen molar-refractivity contribution in [2.45, 2.75) is 47.1 Å². The van der Waals surface area contributed by atoms with E-state index in [-0.39, 0.29) is 11.7 Å². The zero-order valence-corrected chi connectivity index (χ0v) is 16.5. The lowest BCUT2D eigenvalue weighted by Crippen LogP contribution is -2.48. The van der Waals surface area contributed by atoms with Gasteiger partial charge in [0.05, 0.1) is 6.54 Å². The third-order valence-electron chi connectivity index (χ3n) is 5.05. The van der Waals surface area contributed by atoms with E-state index in [1.54, 1.807) is 6.92 Å². The number of piperazine rings is 1. The van der Waals surface area contributed by atoms with Crippen molar-refractivity contribution in [2.24, 2.45) is 0 Å². The lowest BCUT2D eigenvalue weighted by Gasteiger charge is -2.34. The van der Waals surface area contributed by atoms with Gasteiger partial charge in [0.1, 0.15) is 5.69 Å². The number of ketones is 1. The van der Waals surface area contributed by atoms with Gasteiger partial charge in [-0.2, -0.15) is 4.98 Å². The molecule has 0 aliphatic carbocycles. The normalized spacial score (nSPS) is 15.3. The van der Waals surface area contributed by atoms with Crippen LogP contribution in [0.5, 0.6) is 0 Å². The SMILES string of the molecule is CCc1nc(CN2CCN(C(=O)c3[nH]c(C)c(C(C)=O)c3CC)CC2)no1. The van der Waals surface area contributed by atoms with Gasteiger partial charge in [0.25, 0.3) is 5.91 Å². The summed E-state index contributed by atoms with van der Waals surface area (Å²) in [5, 5.41) is 3.99. The number of aromatic nitrogens is 3. The lowest BCUT2D eigenvalue weighted by molar-refractivity contribution is 0.0618. The van der Waals surface area contributed by atoms with Crippen LogP contribution in [0.2, 0.25) is 0 Å². The van der Waals surface area contributed by atoms with Crippen molar-refractivity contribution in [3.05, 3.63) is 34.2 Å². The number of hydrogen-bond donors (Lipinski definition) is 1. The summed E-state index contributed by atoms with van der Waals surface area (Å²) in [5.41, 5.74) is 2.80. The molecule has 0 atom stereocenters. The molecule has 2 aromatic heterocycles. The number of amides is 1. The standard InChI is InChI=1S/C19H27N5O3/c1-5-14-17(13(4)25)12(3)20-18(14)19(26)24-9-7-23(8-10-24)11-15-21-16(6-2)27-22-15/h20H,5-11H2,1-4H3. The largest absolute Gasteiger partial charge is 0.354 e. The highest BCUT2D eigenvalue weighted by atomic mass is 16.5. The number of nitrogens with zero attached hydrogens (tertiary/aromatic N) is 4. The van der Waals surface area contributed by atoms with Crippen molar-refractivity contribution in [3.63, 3.8) is 0 Å². The molecule has 146 valence electrons. The molecule has 0 radical (unpaired) electrons. The quantitative estimate of drug-likeness (QED) is 0.778. The number of Topliss-reactive ketones (excluding diaryl/α,β-unsaturated/α-hetero) is 1. The van der Waals surface area contributed by atoms with Crippen LogP contribution in [0.1, 0.15) is 64.6 Å². The second-order valence-corrected chi connectivity index (χ2v) is 6.91. The topological polar surface area (TPSA) is 95.3 Å². The molecular weight excluding hydrogens is 346 g/mol. The fraction of sp³-hybridized carbons (Fsp3) is 0.579. The van der Waals surface area contributed by atoms with E-state index in [0.717, 1.165) is 30.8 Å². The Morgan fingerprint density at radius 1 is 1.15 bits per heavy atom. The number of H-pyrrole nitrogens is 1. The predicted octanol–water partition coefficient (Wildman–Crippen LogP) is 1.99. The van der Waals surface area contributed by atoms with Gasteiger partial charge in [0.15, 0.2) is 11.6 Å². The zero-order valence-electron chi connectivity index (χ0n) is 16.5. The molecule has 1 fully saturated rings. The highest BCUT2D eigenvalue weighted by molar-refractivity contribution is 6.02. The van der Waals surface area contributed by atoms with Crippen molar-refractivity contribution in [1.29, 1.82) is 0 Å². The van der Waals surface area contributed by atoms with Gasteiger partial charge in [-0.05, 0) is 25.8 Å². The summed E-state index contributed by atoms with van der Waals surface area (Å²) in [4.78, 5) is 36.5. The van der Waals surface area contributed by atoms with E-state index in [2.05, 4.69) is 20.0 Å². The Morgan fingerprint density at radius 3 is 2.41 bits per heavy atom. The average Bonchev–Trinajstić information content (AvgIpc) is 3.25. The van der Waals surface area contributed by atoms with E-state index in [1.807, 2.05) is 25.7 Å². The third kappa shape index (κ3) is 3.95. The van der Waals surface area contributed by atoms with E-state index >= 15 is 0 Å². The first-order valence-corrected chi connectivity index (χ1v) is 9.50. The number of carbonyl (C=O) groups excluding carboxylic acids is 2. The molecule has 1 N–H and O–H groups in total. The smallest absolute Gasteiger partial charge is 0.270 e. The second-order valence-electron chi connectivity index (χ2n) is 6.91. The number of carbonyl (C=O) groups is 2. The summed E-state index contributed by atoms with van der Waals surface area (Å²) in [7, 11) is 0. The molecule has 27 heavy (non-hydrogen) atoms. The van der Waals surface area contributed by atoms with Crippen LogP contribution in [0.3, 0.4) is 0 Å². The van der Waals surface area contributed by atoms with Crippen LogP contribution in [0.15, 0.2) is 4.52 Å². The molecule has 0 spiro atoms. The third-order valence-corrected chi connectivity index (χ3v) is 5.05. The van der Waals surface area contributed by atoms with E-state index in [1.165, 1.54) is 0 Å². The Balaban J connectivity index is 1.65. The molecule has 1 amide bonds. The van der Waals surface area contributed by atoms with Gasteiger partial charge in [-0.1, -0.05) is 19.0 Å². The van der Waals surface area contributed by atoms with Crippen LogP contribution < -0.4 is 0 Å². The first-order chi connectivity index (χ1) is 12.9. The average molecular weight is 373 g/mol. The molecule has 1 aliphatic heterocycles. The molecule has 3 rings (SSSR count). The highest BCUT2D eigenvalue weighted by Gasteiger charge is 2.28. The first-order valence-electron chi connectivity index (χ1n) is 9.50. The van der Waals surface area contributed by atoms with Gasteiger partial charge >= 0.3 is 0 Å². The summed E-state index contributed by atoms with van der Waals surface area (Å²) in [5.74, 6) is 1.30. The molecule has 3 heterocycles. The van der Waals surface area contributed by atoms with Gasteiger partial charge in [-0.25, -0.2) is 0 Å².